The van der Waals surface area contributed by atoms with Gasteiger partial charge in [0.1, 0.15) is 23.7 Å². The van der Waals surface area contributed by atoms with Crippen LogP contribution in [-0.4, -0.2) is 52.8 Å². The van der Waals surface area contributed by atoms with E-state index in [-0.39, 0.29) is 18.2 Å². The first-order valence-corrected chi connectivity index (χ1v) is 16.0. The fraction of sp³-hybridized carbons (Fsp3) is 0.794. The number of esters is 2. The smallest absolute Gasteiger partial charge is 0.411 e. The second kappa shape index (κ2) is 12.5. The molecular weight excluding hydrogens is 518 g/mol. The van der Waals surface area contributed by atoms with Crippen LogP contribution in [0.15, 0.2) is 23.8 Å². The van der Waals surface area contributed by atoms with Crippen LogP contribution in [0, 0.1) is 41.4 Å². The van der Waals surface area contributed by atoms with E-state index in [9.17, 15) is 14.4 Å². The van der Waals surface area contributed by atoms with Gasteiger partial charge in [-0.05, 0) is 87.5 Å². The molecule has 0 aromatic rings. The number of rotatable bonds is 6. The Labute approximate surface area is 247 Å². The molecule has 2 saturated carbocycles. The molecule has 0 unspecified atom stereocenters. The molecule has 0 aromatic heterocycles. The molecule has 0 spiro atoms. The van der Waals surface area contributed by atoms with Crippen molar-refractivity contribution in [3.63, 3.8) is 0 Å². The van der Waals surface area contributed by atoms with E-state index < -0.39 is 35.7 Å². The lowest BCUT2D eigenvalue weighted by Gasteiger charge is -2.37. The molecule has 4 aliphatic rings. The maximum Gasteiger partial charge on any atom is 0.411 e. The van der Waals surface area contributed by atoms with Gasteiger partial charge in [0.15, 0.2) is 0 Å². The third-order valence-electron chi connectivity index (χ3n) is 9.75. The van der Waals surface area contributed by atoms with Gasteiger partial charge in [0.25, 0.3) is 0 Å². The van der Waals surface area contributed by atoms with Crippen LogP contribution in [0.1, 0.15) is 101 Å². The van der Waals surface area contributed by atoms with Crippen LogP contribution >= 0.6 is 0 Å². The highest BCUT2D eigenvalue weighted by Crippen LogP contribution is 2.44. The number of ether oxygens (including phenoxy) is 3. The summed E-state index contributed by atoms with van der Waals surface area (Å²) in [4.78, 5) is 42.3. The average Bonchev–Trinajstić information content (AvgIpc) is 3.39. The third-order valence-corrected chi connectivity index (χ3v) is 9.75. The lowest BCUT2D eigenvalue weighted by Crippen LogP contribution is -2.43. The quantitative estimate of drug-likeness (QED) is 0.146. The monoisotopic (exact) mass is 571 g/mol. The van der Waals surface area contributed by atoms with Gasteiger partial charge < -0.3 is 14.2 Å². The Balaban J connectivity index is 1.61. The highest BCUT2D eigenvalue weighted by molar-refractivity contribution is 5.89. The molecule has 2 bridgehead atoms. The van der Waals surface area contributed by atoms with E-state index in [1.807, 2.05) is 32.9 Å². The zero-order valence-corrected chi connectivity index (χ0v) is 26.7. The molecule has 2 aliphatic carbocycles. The Hall–Kier alpha value is -2.31. The number of carbonyl (C=O) groups excluding carboxylic acids is 3. The predicted octanol–water partition coefficient (Wildman–Crippen LogP) is 7.09. The van der Waals surface area contributed by atoms with Gasteiger partial charge in [-0.3, -0.25) is 9.69 Å². The molecule has 4 rings (SSSR count). The maximum absolute atomic E-state index is 14.0. The Morgan fingerprint density at radius 2 is 1.39 bits per heavy atom. The van der Waals surface area contributed by atoms with Gasteiger partial charge in [-0.25, -0.2) is 9.59 Å². The van der Waals surface area contributed by atoms with Gasteiger partial charge in [0.05, 0.1) is 12.1 Å². The summed E-state index contributed by atoms with van der Waals surface area (Å²) in [6.45, 7) is 18.6. The molecular formula is C34H53NO6. The zero-order valence-electron chi connectivity index (χ0n) is 26.7. The minimum absolute atomic E-state index is 0.153. The van der Waals surface area contributed by atoms with Crippen molar-refractivity contribution in [2.75, 3.05) is 0 Å². The molecule has 0 N–H and O–H groups in total. The first kappa shape index (κ1) is 31.6. The van der Waals surface area contributed by atoms with E-state index >= 15 is 0 Å². The van der Waals surface area contributed by atoms with Crippen molar-refractivity contribution in [3.05, 3.63) is 23.8 Å². The molecule has 9 atom stereocenters. The van der Waals surface area contributed by atoms with Crippen molar-refractivity contribution in [1.82, 2.24) is 4.90 Å². The fourth-order valence-electron chi connectivity index (χ4n) is 7.56. The van der Waals surface area contributed by atoms with E-state index in [2.05, 4.69) is 41.5 Å². The Kier molecular flexibility index (Phi) is 9.65. The lowest BCUT2D eigenvalue weighted by molar-refractivity contribution is -0.160. The summed E-state index contributed by atoms with van der Waals surface area (Å²) in [5, 5.41) is 0. The topological polar surface area (TPSA) is 82.1 Å². The Morgan fingerprint density at radius 1 is 0.854 bits per heavy atom. The molecule has 2 heterocycles. The van der Waals surface area contributed by atoms with Crippen LogP contribution in [0.5, 0.6) is 0 Å². The van der Waals surface area contributed by atoms with E-state index in [0.29, 0.717) is 41.1 Å². The summed E-state index contributed by atoms with van der Waals surface area (Å²) in [5.41, 5.74) is -0.127. The van der Waals surface area contributed by atoms with Crippen LogP contribution in [0.3, 0.4) is 0 Å². The summed E-state index contributed by atoms with van der Waals surface area (Å²) in [5.74, 6) is 0.825. The van der Waals surface area contributed by atoms with Crippen LogP contribution < -0.4 is 0 Å². The van der Waals surface area contributed by atoms with Crippen LogP contribution in [0.25, 0.3) is 0 Å². The summed E-state index contributed by atoms with van der Waals surface area (Å²) in [7, 11) is 0. The van der Waals surface area contributed by atoms with Crippen molar-refractivity contribution in [2.45, 2.75) is 131 Å². The summed E-state index contributed by atoms with van der Waals surface area (Å²) < 4.78 is 18.1. The molecule has 0 radical (unpaired) electrons. The maximum atomic E-state index is 14.0. The molecule has 1 amide bonds. The van der Waals surface area contributed by atoms with Gasteiger partial charge in [-0.1, -0.05) is 66.5 Å². The lowest BCUT2D eigenvalue weighted by atomic mass is 9.75. The molecule has 1 saturated heterocycles. The van der Waals surface area contributed by atoms with Gasteiger partial charge in [-0.2, -0.15) is 0 Å². The van der Waals surface area contributed by atoms with Crippen molar-refractivity contribution in [1.29, 1.82) is 0 Å². The summed E-state index contributed by atoms with van der Waals surface area (Å²) in [6, 6.07) is -1.10. The van der Waals surface area contributed by atoms with E-state index in [1.54, 1.807) is 4.90 Å². The largest absolute Gasteiger partial charge is 0.462 e. The number of nitrogens with zero attached hydrogens (tertiary/aromatic N) is 1. The summed E-state index contributed by atoms with van der Waals surface area (Å²) in [6.07, 6.45) is 10.4. The van der Waals surface area contributed by atoms with Crippen LogP contribution in [0.2, 0.25) is 0 Å². The summed E-state index contributed by atoms with van der Waals surface area (Å²) >= 11 is 0. The predicted molar refractivity (Wildman–Crippen MR) is 159 cm³/mol. The number of amides is 1. The van der Waals surface area contributed by atoms with Gasteiger partial charge in [-0.15, -0.1) is 0 Å². The van der Waals surface area contributed by atoms with Gasteiger partial charge in [0.2, 0.25) is 0 Å². The van der Waals surface area contributed by atoms with Crippen molar-refractivity contribution in [2.24, 2.45) is 41.4 Å². The van der Waals surface area contributed by atoms with E-state index in [0.717, 1.165) is 38.5 Å². The number of hydrogen-bond acceptors (Lipinski definition) is 6. The second-order valence-corrected chi connectivity index (χ2v) is 14.9. The standard InChI is InChI=1S/C34H53NO6/c1-19(2)23-12-10-21(5)16-28(23)39-30(36)18-25-26-14-15-27(35(26)33(38)41-34(7,8)9)31(25)32(37)40-29-17-22(6)11-13-24(29)20(3)4/h14-15,18-24,26-29,31H,10-13,16-17H2,1-9H3/t21-,22-,23+,24+,26-,27+,28-,29-,31-/m1/s1. The molecule has 7 heteroatoms. The first-order chi connectivity index (χ1) is 19.2. The number of hydrogen-bond donors (Lipinski definition) is 0. The Morgan fingerprint density at radius 3 is 1.90 bits per heavy atom. The molecule has 2 aliphatic heterocycles. The minimum Gasteiger partial charge on any atom is -0.462 e. The molecule has 41 heavy (non-hydrogen) atoms. The SMILES string of the molecule is CC(C)[C@@H]1CC[C@@H](C)C[C@H]1OC(=O)C=C1[C@@H](C(=O)O[C@@H]2C[C@H](C)CC[C@H]2C(C)C)[C@@H]2C=C[C@H]1N2C(=O)OC(C)(C)C. The number of fused-ring (bicyclic) bond motifs is 2. The van der Waals surface area contributed by atoms with Gasteiger partial charge in [0, 0.05) is 6.08 Å². The normalized spacial score (nSPS) is 36.2. The average molecular weight is 572 g/mol. The van der Waals surface area contributed by atoms with E-state index in [1.165, 1.54) is 6.08 Å². The minimum atomic E-state index is -0.763. The van der Waals surface area contributed by atoms with Gasteiger partial charge >= 0.3 is 18.0 Å². The molecule has 0 aromatic carbocycles. The molecule has 230 valence electrons. The highest BCUT2D eigenvalue weighted by Gasteiger charge is 2.54. The second-order valence-electron chi connectivity index (χ2n) is 14.9. The van der Waals surface area contributed by atoms with Crippen molar-refractivity contribution < 1.29 is 28.6 Å². The fourth-order valence-corrected chi connectivity index (χ4v) is 7.56. The molecule has 3 fully saturated rings. The number of carbonyl (C=O) groups is 3. The molecule has 7 nitrogen and oxygen atoms in total. The Bertz CT molecular complexity index is 1040. The third kappa shape index (κ3) is 7.19. The van der Waals surface area contributed by atoms with Crippen molar-refractivity contribution >= 4 is 18.0 Å². The first-order valence-electron chi connectivity index (χ1n) is 16.0. The highest BCUT2D eigenvalue weighted by atomic mass is 16.6. The zero-order chi connectivity index (χ0) is 30.2. The van der Waals surface area contributed by atoms with Crippen LogP contribution in [0.4, 0.5) is 4.79 Å². The van der Waals surface area contributed by atoms with Crippen molar-refractivity contribution in [3.8, 4) is 0 Å². The van der Waals surface area contributed by atoms with Crippen LogP contribution in [-0.2, 0) is 23.8 Å². The van der Waals surface area contributed by atoms with E-state index in [4.69, 9.17) is 14.2 Å².